The lowest BCUT2D eigenvalue weighted by molar-refractivity contribution is 0.104. The number of rotatable bonds is 3. The van der Waals surface area contributed by atoms with Crippen LogP contribution < -0.4 is 0 Å². The number of fused-ring (bicyclic) bond motifs is 2. The molecule has 0 N–H and O–H groups in total. The van der Waals surface area contributed by atoms with Gasteiger partial charge in [-0.25, -0.2) is 0 Å². The third-order valence-corrected chi connectivity index (χ3v) is 4.07. The molecule has 1 heterocycles. The van der Waals surface area contributed by atoms with E-state index < -0.39 is 0 Å². The fourth-order valence-corrected chi connectivity index (χ4v) is 2.83. The molecule has 24 heavy (non-hydrogen) atoms. The maximum atomic E-state index is 12.1. The Hall–Kier alpha value is -3.26. The summed E-state index contributed by atoms with van der Waals surface area (Å²) in [6.07, 6.45) is 5.04. The van der Waals surface area contributed by atoms with E-state index in [1.807, 2.05) is 24.3 Å². The van der Waals surface area contributed by atoms with Crippen LogP contribution in [0.15, 0.2) is 85.1 Å². The zero-order valence-electron chi connectivity index (χ0n) is 13.0. The van der Waals surface area contributed by atoms with Gasteiger partial charge in [0, 0.05) is 6.20 Å². The lowest BCUT2D eigenvalue weighted by Gasteiger charge is -2.03. The first-order valence-electron chi connectivity index (χ1n) is 7.86. The van der Waals surface area contributed by atoms with Crippen LogP contribution in [0.25, 0.3) is 27.6 Å². The van der Waals surface area contributed by atoms with Crippen LogP contribution in [0.1, 0.15) is 16.1 Å². The first kappa shape index (κ1) is 14.3. The predicted molar refractivity (Wildman–Crippen MR) is 99.1 cm³/mol. The van der Waals surface area contributed by atoms with Crippen LogP contribution in [0.4, 0.5) is 0 Å². The Bertz CT molecular complexity index is 1060. The van der Waals surface area contributed by atoms with Gasteiger partial charge in [-0.15, -0.1) is 0 Å². The van der Waals surface area contributed by atoms with Crippen LogP contribution >= 0.6 is 0 Å². The lowest BCUT2D eigenvalue weighted by atomic mass is 10.0. The Morgan fingerprint density at radius 2 is 1.46 bits per heavy atom. The summed E-state index contributed by atoms with van der Waals surface area (Å²) >= 11 is 0. The van der Waals surface area contributed by atoms with Gasteiger partial charge in [0.1, 0.15) is 5.69 Å². The molecular weight excluding hydrogens is 294 g/mol. The maximum Gasteiger partial charge on any atom is 0.204 e. The summed E-state index contributed by atoms with van der Waals surface area (Å²) in [5.74, 6) is -0.0887. The van der Waals surface area contributed by atoms with E-state index in [-0.39, 0.29) is 5.78 Å². The normalized spacial score (nSPS) is 11.3. The number of carbonyl (C=O) groups is 1. The molecule has 0 atom stereocenters. The summed E-state index contributed by atoms with van der Waals surface area (Å²) in [5.41, 5.74) is 1.46. The summed E-state index contributed by atoms with van der Waals surface area (Å²) in [4.78, 5) is 16.2. The molecule has 0 amide bonds. The molecular formula is C22H15NO. The maximum absolute atomic E-state index is 12.1. The van der Waals surface area contributed by atoms with Gasteiger partial charge in [-0.1, -0.05) is 48.5 Å². The van der Waals surface area contributed by atoms with Crippen molar-refractivity contribution in [2.24, 2.45) is 0 Å². The number of nitrogens with zero attached hydrogens (tertiary/aromatic N) is 1. The molecule has 4 rings (SSSR count). The second-order valence-corrected chi connectivity index (χ2v) is 5.72. The topological polar surface area (TPSA) is 30.0 Å². The second kappa shape index (κ2) is 6.09. The van der Waals surface area contributed by atoms with Crippen molar-refractivity contribution in [3.63, 3.8) is 0 Å². The van der Waals surface area contributed by atoms with Crippen molar-refractivity contribution in [3.8, 4) is 0 Å². The number of allylic oxidation sites excluding steroid dienone is 1. The van der Waals surface area contributed by atoms with Crippen LogP contribution in [0.5, 0.6) is 0 Å². The van der Waals surface area contributed by atoms with E-state index in [1.54, 1.807) is 24.4 Å². The van der Waals surface area contributed by atoms with E-state index in [1.165, 1.54) is 21.5 Å². The molecule has 1 aromatic heterocycles. The number of pyridine rings is 1. The van der Waals surface area contributed by atoms with Crippen LogP contribution in [-0.4, -0.2) is 10.8 Å². The number of carbonyl (C=O) groups excluding carboxylic acids is 1. The summed E-state index contributed by atoms with van der Waals surface area (Å²) in [6.45, 7) is 0. The molecule has 4 aromatic rings. The van der Waals surface area contributed by atoms with Crippen molar-refractivity contribution in [3.05, 3.63) is 96.3 Å². The van der Waals surface area contributed by atoms with Crippen molar-refractivity contribution >= 4 is 33.4 Å². The van der Waals surface area contributed by atoms with Gasteiger partial charge in [0.2, 0.25) is 5.78 Å². The Morgan fingerprint density at radius 3 is 2.21 bits per heavy atom. The molecule has 0 saturated carbocycles. The van der Waals surface area contributed by atoms with Crippen LogP contribution in [-0.2, 0) is 0 Å². The Balaban J connectivity index is 1.68. The molecule has 0 bridgehead atoms. The molecule has 114 valence electrons. The standard InChI is InChI=1S/C22H15NO/c24-22(21-7-3-4-12-23-21)11-9-16-8-10-19-14-17-5-1-2-6-18(17)15-20(19)13-16/h1-15H. The molecule has 0 saturated heterocycles. The minimum atomic E-state index is -0.0887. The largest absolute Gasteiger partial charge is 0.288 e. The summed E-state index contributed by atoms with van der Waals surface area (Å²) in [6, 6.07) is 24.3. The fourth-order valence-electron chi connectivity index (χ4n) is 2.83. The highest BCUT2D eigenvalue weighted by molar-refractivity contribution is 6.06. The number of hydrogen-bond acceptors (Lipinski definition) is 2. The van der Waals surface area contributed by atoms with E-state index in [4.69, 9.17) is 0 Å². The minimum absolute atomic E-state index is 0.0887. The van der Waals surface area contributed by atoms with Gasteiger partial charge < -0.3 is 0 Å². The third-order valence-electron chi connectivity index (χ3n) is 4.07. The number of hydrogen-bond donors (Lipinski definition) is 0. The van der Waals surface area contributed by atoms with Crippen molar-refractivity contribution in [2.75, 3.05) is 0 Å². The lowest BCUT2D eigenvalue weighted by Crippen LogP contribution is -1.96. The monoisotopic (exact) mass is 309 g/mol. The van der Waals surface area contributed by atoms with E-state index in [0.717, 1.165) is 5.56 Å². The smallest absolute Gasteiger partial charge is 0.204 e. The van der Waals surface area contributed by atoms with Gasteiger partial charge in [-0.2, -0.15) is 0 Å². The average molecular weight is 309 g/mol. The minimum Gasteiger partial charge on any atom is -0.288 e. The summed E-state index contributed by atoms with van der Waals surface area (Å²) in [5, 5.41) is 4.82. The zero-order chi connectivity index (χ0) is 16.4. The highest BCUT2D eigenvalue weighted by Crippen LogP contribution is 2.24. The van der Waals surface area contributed by atoms with Crippen molar-refractivity contribution in [1.82, 2.24) is 4.98 Å². The van der Waals surface area contributed by atoms with Crippen LogP contribution in [0.2, 0.25) is 0 Å². The Morgan fingerprint density at radius 1 is 0.750 bits per heavy atom. The highest BCUT2D eigenvalue weighted by atomic mass is 16.1. The summed E-state index contributed by atoms with van der Waals surface area (Å²) < 4.78 is 0. The van der Waals surface area contributed by atoms with Gasteiger partial charge in [-0.3, -0.25) is 9.78 Å². The molecule has 0 fully saturated rings. The molecule has 0 aliphatic rings. The SMILES string of the molecule is O=C(C=Cc1ccc2cc3ccccc3cc2c1)c1ccccn1. The molecule has 0 radical (unpaired) electrons. The van der Waals surface area contributed by atoms with Crippen molar-refractivity contribution in [2.45, 2.75) is 0 Å². The van der Waals surface area contributed by atoms with Crippen molar-refractivity contribution < 1.29 is 4.79 Å². The first-order valence-corrected chi connectivity index (χ1v) is 7.86. The van der Waals surface area contributed by atoms with Gasteiger partial charge in [-0.05, 0) is 63.5 Å². The fraction of sp³-hybridized carbons (Fsp3) is 0. The molecule has 0 unspecified atom stereocenters. The molecule has 3 aromatic carbocycles. The van der Waals surface area contributed by atoms with E-state index >= 15 is 0 Å². The van der Waals surface area contributed by atoms with Gasteiger partial charge in [0.05, 0.1) is 0 Å². The van der Waals surface area contributed by atoms with E-state index in [2.05, 4.69) is 47.4 Å². The molecule has 2 heteroatoms. The van der Waals surface area contributed by atoms with Gasteiger partial charge >= 0.3 is 0 Å². The average Bonchev–Trinajstić information content (AvgIpc) is 2.65. The van der Waals surface area contributed by atoms with Gasteiger partial charge in [0.25, 0.3) is 0 Å². The van der Waals surface area contributed by atoms with Gasteiger partial charge in [0.15, 0.2) is 0 Å². The predicted octanol–water partition coefficient (Wildman–Crippen LogP) is 5.28. The zero-order valence-corrected chi connectivity index (χ0v) is 13.0. The Kier molecular flexibility index (Phi) is 3.64. The first-order chi connectivity index (χ1) is 11.8. The van der Waals surface area contributed by atoms with Crippen LogP contribution in [0, 0.1) is 0 Å². The number of benzene rings is 3. The highest BCUT2D eigenvalue weighted by Gasteiger charge is 2.02. The quantitative estimate of drug-likeness (QED) is 0.292. The molecule has 0 aliphatic heterocycles. The summed E-state index contributed by atoms with van der Waals surface area (Å²) in [7, 11) is 0. The Labute approximate surface area is 140 Å². The number of aromatic nitrogens is 1. The van der Waals surface area contributed by atoms with E-state index in [9.17, 15) is 4.79 Å². The number of ketones is 1. The third kappa shape index (κ3) is 2.82. The van der Waals surface area contributed by atoms with Crippen LogP contribution in [0.3, 0.4) is 0 Å². The van der Waals surface area contributed by atoms with E-state index in [0.29, 0.717) is 5.69 Å². The molecule has 2 nitrogen and oxygen atoms in total. The molecule has 0 spiro atoms. The molecule has 0 aliphatic carbocycles. The van der Waals surface area contributed by atoms with Crippen molar-refractivity contribution in [1.29, 1.82) is 0 Å². The second-order valence-electron chi connectivity index (χ2n) is 5.72.